The standard InChI is InChI=1S/C27H30F3N5O4S/c1-17-14-31-10-8-21(17)34-26(36)20-11-18(12-23-25(20)33-16-35(23)15-27(28,29)30)5-4-9-32-22-7-6-19(40(3,37)38)13-24(22)39-2/h6-7,11-13,16-17,21,31-32H,8-10,14-15H2,1-3H3,(H,34,36)/t17-,21+/m1/s1. The highest BCUT2D eigenvalue weighted by atomic mass is 32.2. The topological polar surface area (TPSA) is 114 Å². The average molecular weight is 578 g/mol. The zero-order valence-electron chi connectivity index (χ0n) is 22.2. The van der Waals surface area contributed by atoms with Gasteiger partial charge in [0.2, 0.25) is 0 Å². The molecule has 40 heavy (non-hydrogen) atoms. The van der Waals surface area contributed by atoms with Gasteiger partial charge in [-0.2, -0.15) is 13.2 Å². The van der Waals surface area contributed by atoms with Crippen LogP contribution in [-0.4, -0.2) is 69.1 Å². The lowest BCUT2D eigenvalue weighted by molar-refractivity contribution is -0.139. The number of halogens is 3. The quantitative estimate of drug-likeness (QED) is 0.370. The number of benzene rings is 2. The van der Waals surface area contributed by atoms with E-state index in [0.717, 1.165) is 36.7 Å². The van der Waals surface area contributed by atoms with E-state index >= 15 is 0 Å². The minimum atomic E-state index is -4.47. The molecule has 1 aromatic heterocycles. The Morgan fingerprint density at radius 3 is 2.73 bits per heavy atom. The Hall–Kier alpha value is -3.76. The fourth-order valence-electron chi connectivity index (χ4n) is 4.54. The first-order valence-corrected chi connectivity index (χ1v) is 14.4. The zero-order valence-corrected chi connectivity index (χ0v) is 23.0. The maximum Gasteiger partial charge on any atom is 0.406 e. The highest BCUT2D eigenvalue weighted by molar-refractivity contribution is 7.90. The summed E-state index contributed by atoms with van der Waals surface area (Å²) in [7, 11) is -2.00. The lowest BCUT2D eigenvalue weighted by Gasteiger charge is -2.30. The molecule has 9 nitrogen and oxygen atoms in total. The molecule has 13 heteroatoms. The molecule has 0 aliphatic carbocycles. The van der Waals surface area contributed by atoms with E-state index in [1.165, 1.54) is 31.4 Å². The van der Waals surface area contributed by atoms with Crippen molar-refractivity contribution in [1.82, 2.24) is 20.2 Å². The van der Waals surface area contributed by atoms with E-state index in [4.69, 9.17) is 4.74 Å². The number of alkyl halides is 3. The van der Waals surface area contributed by atoms with Crippen molar-refractivity contribution in [3.63, 3.8) is 0 Å². The molecule has 0 bridgehead atoms. The predicted octanol–water partition coefficient (Wildman–Crippen LogP) is 3.20. The van der Waals surface area contributed by atoms with Crippen LogP contribution < -0.4 is 20.7 Å². The summed E-state index contributed by atoms with van der Waals surface area (Å²) in [6.45, 7) is 2.38. The largest absolute Gasteiger partial charge is 0.495 e. The number of nitrogens with zero attached hydrogens (tertiary/aromatic N) is 2. The Morgan fingerprint density at radius 1 is 1.27 bits per heavy atom. The van der Waals surface area contributed by atoms with Crippen LogP contribution >= 0.6 is 0 Å². The van der Waals surface area contributed by atoms with Gasteiger partial charge in [0.05, 0.1) is 41.6 Å². The smallest absolute Gasteiger partial charge is 0.406 e. The number of hydrogen-bond donors (Lipinski definition) is 3. The van der Waals surface area contributed by atoms with Crippen molar-refractivity contribution < 1.29 is 31.1 Å². The van der Waals surface area contributed by atoms with Crippen molar-refractivity contribution in [2.24, 2.45) is 5.92 Å². The summed E-state index contributed by atoms with van der Waals surface area (Å²) in [4.78, 5) is 17.5. The van der Waals surface area contributed by atoms with E-state index in [1.54, 1.807) is 6.07 Å². The number of ether oxygens (including phenoxy) is 1. The van der Waals surface area contributed by atoms with Crippen LogP contribution in [0.4, 0.5) is 18.9 Å². The van der Waals surface area contributed by atoms with Crippen LogP contribution in [0.25, 0.3) is 11.0 Å². The summed E-state index contributed by atoms with van der Waals surface area (Å²) >= 11 is 0. The molecule has 1 saturated heterocycles. The van der Waals surface area contributed by atoms with Crippen molar-refractivity contribution >= 4 is 32.5 Å². The minimum absolute atomic E-state index is 0.0796. The number of rotatable bonds is 7. The fraction of sp³-hybridized carbons (Fsp3) is 0.407. The van der Waals surface area contributed by atoms with Gasteiger partial charge >= 0.3 is 6.18 Å². The third kappa shape index (κ3) is 7.05. The summed E-state index contributed by atoms with van der Waals surface area (Å²) in [6, 6.07) is 7.33. The maximum absolute atomic E-state index is 13.3. The summed E-state index contributed by atoms with van der Waals surface area (Å²) in [6.07, 6.45) is -1.57. The van der Waals surface area contributed by atoms with Crippen molar-refractivity contribution in [1.29, 1.82) is 0 Å². The van der Waals surface area contributed by atoms with Gasteiger partial charge in [-0.15, -0.1) is 0 Å². The number of amides is 1. The molecule has 1 aliphatic heterocycles. The van der Waals surface area contributed by atoms with Crippen LogP contribution in [0.15, 0.2) is 41.6 Å². The lowest BCUT2D eigenvalue weighted by atomic mass is 9.95. The molecular formula is C27H30F3N5O4S. The van der Waals surface area contributed by atoms with Gasteiger partial charge in [0.15, 0.2) is 9.84 Å². The van der Waals surface area contributed by atoms with Gasteiger partial charge in [-0.3, -0.25) is 4.79 Å². The molecule has 1 amide bonds. The number of fused-ring (bicyclic) bond motifs is 1. The number of piperidine rings is 1. The third-order valence-corrected chi connectivity index (χ3v) is 7.73. The number of carbonyl (C=O) groups is 1. The second kappa shape index (κ2) is 11.8. The van der Waals surface area contributed by atoms with Gasteiger partial charge in [-0.05, 0) is 49.7 Å². The van der Waals surface area contributed by atoms with Crippen molar-refractivity contribution in [2.75, 3.05) is 38.3 Å². The van der Waals surface area contributed by atoms with Gasteiger partial charge in [-0.1, -0.05) is 18.8 Å². The molecule has 0 radical (unpaired) electrons. The molecule has 0 saturated carbocycles. The molecule has 3 N–H and O–H groups in total. The van der Waals surface area contributed by atoms with Crippen molar-refractivity contribution in [2.45, 2.75) is 37.0 Å². The minimum Gasteiger partial charge on any atom is -0.495 e. The summed E-state index contributed by atoms with van der Waals surface area (Å²) < 4.78 is 69.5. The number of sulfone groups is 1. The highest BCUT2D eigenvalue weighted by Gasteiger charge is 2.30. The van der Waals surface area contributed by atoms with Crippen molar-refractivity contribution in [3.05, 3.63) is 47.8 Å². The molecule has 214 valence electrons. The van der Waals surface area contributed by atoms with E-state index in [9.17, 15) is 26.4 Å². The summed E-state index contributed by atoms with van der Waals surface area (Å²) in [5.74, 6) is 5.89. The molecule has 2 atom stereocenters. The number of carbonyl (C=O) groups excluding carboxylic acids is 1. The SMILES string of the molecule is COc1cc(S(C)(=O)=O)ccc1NCC#Cc1cc(C(=O)N[C@H]2CCNC[C@H]2C)c2ncn(CC(F)(F)F)c2c1. The van der Waals surface area contributed by atoms with Crippen LogP contribution in [0.3, 0.4) is 0 Å². The van der Waals surface area contributed by atoms with E-state index < -0.39 is 28.5 Å². The number of hydrogen-bond acceptors (Lipinski definition) is 7. The second-order valence-electron chi connectivity index (χ2n) is 9.72. The van der Waals surface area contributed by atoms with Crippen LogP contribution in [0.5, 0.6) is 5.75 Å². The number of anilines is 1. The normalized spacial score (nSPS) is 17.6. The Bertz CT molecular complexity index is 1570. The first kappa shape index (κ1) is 29.2. The summed E-state index contributed by atoms with van der Waals surface area (Å²) in [5.41, 5.74) is 1.33. The van der Waals surface area contributed by atoms with E-state index in [2.05, 4.69) is 32.8 Å². The van der Waals surface area contributed by atoms with Gasteiger partial charge < -0.3 is 25.3 Å². The molecule has 1 aliphatic rings. The van der Waals surface area contributed by atoms with Gasteiger partial charge in [0.25, 0.3) is 5.91 Å². The molecule has 2 aromatic carbocycles. The van der Waals surface area contributed by atoms with Crippen LogP contribution in [0, 0.1) is 17.8 Å². The van der Waals surface area contributed by atoms with Gasteiger partial charge in [-0.25, -0.2) is 13.4 Å². The van der Waals surface area contributed by atoms with E-state index in [0.29, 0.717) is 17.0 Å². The van der Waals surface area contributed by atoms with E-state index in [-0.39, 0.29) is 40.0 Å². The number of aromatic nitrogens is 2. The van der Waals surface area contributed by atoms with Crippen LogP contribution in [-0.2, 0) is 16.4 Å². The Kier molecular flexibility index (Phi) is 8.60. The number of nitrogens with one attached hydrogen (secondary N) is 3. The first-order valence-electron chi connectivity index (χ1n) is 12.5. The molecule has 3 aromatic rings. The lowest BCUT2D eigenvalue weighted by Crippen LogP contribution is -2.48. The number of imidazole rings is 1. The molecule has 4 rings (SSSR count). The van der Waals surface area contributed by atoms with Crippen LogP contribution in [0.1, 0.15) is 29.3 Å². The average Bonchev–Trinajstić information content (AvgIpc) is 3.27. The van der Waals surface area contributed by atoms with Gasteiger partial charge in [0, 0.05) is 23.9 Å². The third-order valence-electron chi connectivity index (χ3n) is 6.62. The number of methoxy groups -OCH3 is 1. The Labute approximate surface area is 230 Å². The zero-order chi connectivity index (χ0) is 29.1. The molecule has 0 unspecified atom stereocenters. The van der Waals surface area contributed by atoms with E-state index in [1.807, 2.05) is 6.92 Å². The molecule has 2 heterocycles. The molecular weight excluding hydrogens is 547 g/mol. The fourth-order valence-corrected chi connectivity index (χ4v) is 5.17. The van der Waals surface area contributed by atoms with Crippen LogP contribution in [0.2, 0.25) is 0 Å². The first-order chi connectivity index (χ1) is 18.9. The highest BCUT2D eigenvalue weighted by Crippen LogP contribution is 2.28. The monoisotopic (exact) mass is 577 g/mol. The Morgan fingerprint density at radius 2 is 2.05 bits per heavy atom. The maximum atomic E-state index is 13.3. The molecule has 0 spiro atoms. The Balaban J connectivity index is 1.61. The van der Waals surface area contributed by atoms with Crippen molar-refractivity contribution in [3.8, 4) is 17.6 Å². The molecule has 1 fully saturated rings. The summed E-state index contributed by atoms with van der Waals surface area (Å²) in [5, 5.41) is 9.32. The van der Waals surface area contributed by atoms with Gasteiger partial charge in [0.1, 0.15) is 17.8 Å². The second-order valence-corrected chi connectivity index (χ2v) is 11.7. The predicted molar refractivity (Wildman–Crippen MR) is 145 cm³/mol.